The Bertz CT molecular complexity index is 990. The number of nitrogens with one attached hydrogen (secondary N) is 2. The molecule has 9 heteroatoms. The molecular weight excluding hydrogens is 527 g/mol. The third-order valence-electron chi connectivity index (χ3n) is 4.82. The van der Waals surface area contributed by atoms with E-state index in [1.54, 1.807) is 7.11 Å². The number of aromatic nitrogens is 3. The number of rotatable bonds is 8. The minimum absolute atomic E-state index is 0. The Hall–Kier alpha value is -2.33. The molecule has 3 aromatic rings. The SMILES string of the molecule is COc1ccc(CN=C(NCCc2ccccc2Cl)NCc2nnc(C)n2C)cc1.I. The Labute approximate surface area is 205 Å². The molecule has 0 atom stereocenters. The molecule has 0 fully saturated rings. The number of benzene rings is 2. The Morgan fingerprint density at radius 1 is 1.10 bits per heavy atom. The lowest BCUT2D eigenvalue weighted by molar-refractivity contribution is 0.414. The maximum Gasteiger partial charge on any atom is 0.191 e. The molecular formula is C22H28ClIN6O. The van der Waals surface area contributed by atoms with Gasteiger partial charge in [0.2, 0.25) is 0 Å². The van der Waals surface area contributed by atoms with Crippen molar-refractivity contribution in [1.82, 2.24) is 25.4 Å². The van der Waals surface area contributed by atoms with Gasteiger partial charge in [0.15, 0.2) is 11.8 Å². The summed E-state index contributed by atoms with van der Waals surface area (Å²) in [6, 6.07) is 15.8. The Morgan fingerprint density at radius 3 is 2.48 bits per heavy atom. The number of hydrogen-bond acceptors (Lipinski definition) is 4. The van der Waals surface area contributed by atoms with E-state index in [2.05, 4.69) is 20.8 Å². The van der Waals surface area contributed by atoms with Crippen molar-refractivity contribution >= 4 is 41.5 Å². The highest BCUT2D eigenvalue weighted by molar-refractivity contribution is 14.0. The summed E-state index contributed by atoms with van der Waals surface area (Å²) in [6.07, 6.45) is 0.798. The van der Waals surface area contributed by atoms with Crippen LogP contribution in [0.1, 0.15) is 22.8 Å². The van der Waals surface area contributed by atoms with Crippen LogP contribution in [0.2, 0.25) is 5.02 Å². The van der Waals surface area contributed by atoms with E-state index in [1.165, 1.54) is 0 Å². The van der Waals surface area contributed by atoms with Crippen molar-refractivity contribution in [1.29, 1.82) is 0 Å². The summed E-state index contributed by atoms with van der Waals surface area (Å²) in [5.41, 5.74) is 2.20. The van der Waals surface area contributed by atoms with E-state index in [0.717, 1.165) is 40.0 Å². The van der Waals surface area contributed by atoms with Crippen molar-refractivity contribution in [3.63, 3.8) is 0 Å². The Morgan fingerprint density at radius 2 is 1.84 bits per heavy atom. The average Bonchev–Trinajstić information content (AvgIpc) is 3.09. The third kappa shape index (κ3) is 7.39. The number of aryl methyl sites for hydroxylation is 1. The highest BCUT2D eigenvalue weighted by Gasteiger charge is 2.07. The Balaban J connectivity index is 0.00000341. The minimum Gasteiger partial charge on any atom is -0.497 e. The molecule has 1 aromatic heterocycles. The maximum atomic E-state index is 6.26. The highest BCUT2D eigenvalue weighted by Crippen LogP contribution is 2.15. The number of hydrogen-bond donors (Lipinski definition) is 2. The second kappa shape index (κ2) is 12.5. The first kappa shape index (κ1) is 24.9. The van der Waals surface area contributed by atoms with Gasteiger partial charge in [0, 0.05) is 18.6 Å². The summed E-state index contributed by atoms with van der Waals surface area (Å²) in [7, 11) is 3.61. The monoisotopic (exact) mass is 554 g/mol. The van der Waals surface area contributed by atoms with E-state index in [1.807, 2.05) is 67.1 Å². The van der Waals surface area contributed by atoms with Gasteiger partial charge in [-0.2, -0.15) is 0 Å². The van der Waals surface area contributed by atoms with E-state index in [-0.39, 0.29) is 24.0 Å². The van der Waals surface area contributed by atoms with Crippen LogP contribution in [-0.2, 0) is 26.6 Å². The molecule has 0 amide bonds. The summed E-state index contributed by atoms with van der Waals surface area (Å²) in [5.74, 6) is 3.25. The molecule has 31 heavy (non-hydrogen) atoms. The van der Waals surface area contributed by atoms with Gasteiger partial charge in [0.1, 0.15) is 11.6 Å². The lowest BCUT2D eigenvalue weighted by atomic mass is 10.1. The van der Waals surface area contributed by atoms with Gasteiger partial charge in [-0.1, -0.05) is 41.9 Å². The van der Waals surface area contributed by atoms with Crippen LogP contribution in [0.15, 0.2) is 53.5 Å². The van der Waals surface area contributed by atoms with Crippen LogP contribution in [0.5, 0.6) is 5.75 Å². The molecule has 0 aliphatic carbocycles. The summed E-state index contributed by atoms with van der Waals surface area (Å²) in [5, 5.41) is 15.8. The number of halogens is 2. The molecule has 3 rings (SSSR count). The lowest BCUT2D eigenvalue weighted by Crippen LogP contribution is -2.38. The molecule has 0 bridgehead atoms. The molecule has 0 saturated carbocycles. The number of methoxy groups -OCH3 is 1. The van der Waals surface area contributed by atoms with Crippen molar-refractivity contribution in [3.05, 3.63) is 76.3 Å². The Kier molecular flexibility index (Phi) is 10.1. The number of guanidine groups is 1. The number of nitrogens with zero attached hydrogens (tertiary/aromatic N) is 4. The van der Waals surface area contributed by atoms with Crippen molar-refractivity contribution < 1.29 is 4.74 Å². The smallest absolute Gasteiger partial charge is 0.191 e. The van der Waals surface area contributed by atoms with Crippen LogP contribution in [0.4, 0.5) is 0 Å². The molecule has 0 unspecified atom stereocenters. The summed E-state index contributed by atoms with van der Waals surface area (Å²) in [4.78, 5) is 4.72. The predicted molar refractivity (Wildman–Crippen MR) is 135 cm³/mol. The molecule has 0 spiro atoms. The quantitative estimate of drug-likeness (QED) is 0.251. The number of aliphatic imine (C=N–C) groups is 1. The van der Waals surface area contributed by atoms with Crippen LogP contribution in [0, 0.1) is 6.92 Å². The van der Waals surface area contributed by atoms with Crippen LogP contribution < -0.4 is 15.4 Å². The molecule has 166 valence electrons. The van der Waals surface area contributed by atoms with Gasteiger partial charge in [-0.15, -0.1) is 34.2 Å². The zero-order valence-corrected chi connectivity index (χ0v) is 21.0. The normalized spacial score (nSPS) is 11.0. The highest BCUT2D eigenvalue weighted by atomic mass is 127. The molecule has 0 radical (unpaired) electrons. The first-order chi connectivity index (χ1) is 14.6. The second-order valence-corrected chi connectivity index (χ2v) is 7.26. The largest absolute Gasteiger partial charge is 0.497 e. The lowest BCUT2D eigenvalue weighted by Gasteiger charge is -2.13. The second-order valence-electron chi connectivity index (χ2n) is 6.86. The fourth-order valence-corrected chi connectivity index (χ4v) is 3.09. The van der Waals surface area contributed by atoms with E-state index in [9.17, 15) is 0 Å². The standard InChI is InChI=1S/C22H27ClN6O.HI/c1-16-27-28-21(29(16)2)15-26-22(24-13-12-18-6-4-5-7-20(18)23)25-14-17-8-10-19(30-3)11-9-17;/h4-11H,12-15H2,1-3H3,(H2,24,25,26);1H. The summed E-state index contributed by atoms with van der Waals surface area (Å²) < 4.78 is 7.17. The van der Waals surface area contributed by atoms with Gasteiger partial charge in [-0.3, -0.25) is 0 Å². The van der Waals surface area contributed by atoms with Crippen LogP contribution in [0.25, 0.3) is 0 Å². The molecule has 7 nitrogen and oxygen atoms in total. The summed E-state index contributed by atoms with van der Waals surface area (Å²) >= 11 is 6.26. The fourth-order valence-electron chi connectivity index (χ4n) is 2.86. The van der Waals surface area contributed by atoms with E-state index in [4.69, 9.17) is 21.3 Å². The van der Waals surface area contributed by atoms with Gasteiger partial charge < -0.3 is 19.9 Å². The topological polar surface area (TPSA) is 76.4 Å². The minimum atomic E-state index is 0. The zero-order chi connectivity index (χ0) is 21.3. The first-order valence-electron chi connectivity index (χ1n) is 9.80. The fraction of sp³-hybridized carbons (Fsp3) is 0.318. The molecule has 0 saturated heterocycles. The third-order valence-corrected chi connectivity index (χ3v) is 5.19. The van der Waals surface area contributed by atoms with E-state index < -0.39 is 0 Å². The van der Waals surface area contributed by atoms with Crippen LogP contribution >= 0.6 is 35.6 Å². The summed E-state index contributed by atoms with van der Waals surface area (Å²) in [6.45, 7) is 3.70. The predicted octanol–water partition coefficient (Wildman–Crippen LogP) is 3.88. The average molecular weight is 555 g/mol. The van der Waals surface area contributed by atoms with Crippen LogP contribution in [0.3, 0.4) is 0 Å². The molecule has 2 N–H and O–H groups in total. The zero-order valence-electron chi connectivity index (χ0n) is 17.9. The number of ether oxygens (including phenoxy) is 1. The molecule has 1 heterocycles. The van der Waals surface area contributed by atoms with Crippen molar-refractivity contribution in [2.75, 3.05) is 13.7 Å². The van der Waals surface area contributed by atoms with Crippen molar-refractivity contribution in [2.24, 2.45) is 12.0 Å². The first-order valence-corrected chi connectivity index (χ1v) is 10.2. The van der Waals surface area contributed by atoms with E-state index >= 15 is 0 Å². The van der Waals surface area contributed by atoms with Crippen molar-refractivity contribution in [3.8, 4) is 5.75 Å². The van der Waals surface area contributed by atoms with Crippen LogP contribution in [-0.4, -0.2) is 34.4 Å². The van der Waals surface area contributed by atoms with Gasteiger partial charge in [0.05, 0.1) is 20.2 Å². The maximum absolute atomic E-state index is 6.26. The molecule has 2 aromatic carbocycles. The van der Waals surface area contributed by atoms with Gasteiger partial charge in [-0.05, 0) is 42.7 Å². The van der Waals surface area contributed by atoms with E-state index in [0.29, 0.717) is 25.6 Å². The van der Waals surface area contributed by atoms with Gasteiger partial charge in [-0.25, -0.2) is 4.99 Å². The molecule has 0 aliphatic heterocycles. The van der Waals surface area contributed by atoms with Gasteiger partial charge >= 0.3 is 0 Å². The molecule has 0 aliphatic rings. The van der Waals surface area contributed by atoms with Crippen molar-refractivity contribution in [2.45, 2.75) is 26.4 Å². The van der Waals surface area contributed by atoms with Gasteiger partial charge in [0.25, 0.3) is 0 Å².